The van der Waals surface area contributed by atoms with Crippen molar-refractivity contribution in [3.63, 3.8) is 0 Å². The van der Waals surface area contributed by atoms with Crippen LogP contribution in [0, 0.1) is 6.92 Å². The van der Waals surface area contributed by atoms with E-state index in [1.165, 1.54) is 12.8 Å². The monoisotopic (exact) mass is 240 g/mol. The fourth-order valence-corrected chi connectivity index (χ4v) is 2.24. The fraction of sp³-hybridized carbons (Fsp3) is 0.636. The lowest BCUT2D eigenvalue weighted by molar-refractivity contribution is 0.594. The second-order valence-electron chi connectivity index (χ2n) is 4.31. The molecule has 4 nitrogen and oxygen atoms in total. The zero-order valence-corrected chi connectivity index (χ0v) is 10.5. The summed E-state index contributed by atoms with van der Waals surface area (Å²) in [5.41, 5.74) is 0.904. The van der Waals surface area contributed by atoms with Crippen LogP contribution in [0.2, 0.25) is 5.15 Å². The van der Waals surface area contributed by atoms with Crippen LogP contribution in [-0.4, -0.2) is 36.1 Å². The Morgan fingerprint density at radius 2 is 2.38 bits per heavy atom. The third-order valence-corrected chi connectivity index (χ3v) is 3.00. The van der Waals surface area contributed by atoms with Crippen molar-refractivity contribution in [3.8, 4) is 0 Å². The van der Waals surface area contributed by atoms with Gasteiger partial charge in [0.05, 0.1) is 0 Å². The van der Waals surface area contributed by atoms with Crippen molar-refractivity contribution in [1.29, 1.82) is 0 Å². The highest BCUT2D eigenvalue weighted by Crippen LogP contribution is 2.14. The zero-order chi connectivity index (χ0) is 11.5. The highest BCUT2D eigenvalue weighted by molar-refractivity contribution is 6.29. The maximum atomic E-state index is 5.92. The lowest BCUT2D eigenvalue weighted by Gasteiger charge is -2.21. The van der Waals surface area contributed by atoms with Crippen molar-refractivity contribution >= 4 is 17.5 Å². The molecule has 2 heterocycles. The van der Waals surface area contributed by atoms with Gasteiger partial charge in [-0.1, -0.05) is 11.6 Å². The first-order valence-corrected chi connectivity index (χ1v) is 5.98. The maximum absolute atomic E-state index is 5.92. The second-order valence-corrected chi connectivity index (χ2v) is 4.69. The van der Waals surface area contributed by atoms with Crippen LogP contribution in [0.4, 0.5) is 5.95 Å². The standard InChI is InChI=1S/C11H17ClN4/c1-8-6-10(12)15-11(14-8)16(2)7-9-4-3-5-13-9/h6,9,13H,3-5,7H2,1-2H3/t9-/m1/s1. The molecule has 1 aliphatic rings. The summed E-state index contributed by atoms with van der Waals surface area (Å²) in [5, 5.41) is 3.96. The summed E-state index contributed by atoms with van der Waals surface area (Å²) in [6, 6.07) is 2.32. The van der Waals surface area contributed by atoms with Gasteiger partial charge in [0.2, 0.25) is 5.95 Å². The Balaban J connectivity index is 2.04. The van der Waals surface area contributed by atoms with Crippen molar-refractivity contribution in [2.45, 2.75) is 25.8 Å². The average Bonchev–Trinajstić information content (AvgIpc) is 2.68. The molecular weight excluding hydrogens is 224 g/mol. The van der Waals surface area contributed by atoms with E-state index in [0.29, 0.717) is 17.1 Å². The first-order valence-electron chi connectivity index (χ1n) is 5.61. The van der Waals surface area contributed by atoms with Crippen LogP contribution >= 0.6 is 11.6 Å². The molecule has 16 heavy (non-hydrogen) atoms. The molecule has 5 heteroatoms. The lowest BCUT2D eigenvalue weighted by Crippen LogP contribution is -2.36. The minimum Gasteiger partial charge on any atom is -0.342 e. The molecule has 0 spiro atoms. The number of hydrogen-bond acceptors (Lipinski definition) is 4. The third kappa shape index (κ3) is 2.83. The van der Waals surface area contributed by atoms with Crippen LogP contribution in [0.1, 0.15) is 18.5 Å². The topological polar surface area (TPSA) is 41.1 Å². The van der Waals surface area contributed by atoms with E-state index in [0.717, 1.165) is 18.8 Å². The molecule has 1 fully saturated rings. The summed E-state index contributed by atoms with van der Waals surface area (Å²) < 4.78 is 0. The van der Waals surface area contributed by atoms with Gasteiger partial charge in [-0.15, -0.1) is 0 Å². The molecule has 1 atom stereocenters. The van der Waals surface area contributed by atoms with Gasteiger partial charge in [-0.3, -0.25) is 0 Å². The van der Waals surface area contributed by atoms with Crippen LogP contribution < -0.4 is 10.2 Å². The van der Waals surface area contributed by atoms with Gasteiger partial charge in [0.1, 0.15) is 5.15 Å². The number of anilines is 1. The van der Waals surface area contributed by atoms with Gasteiger partial charge in [0.15, 0.2) is 0 Å². The summed E-state index contributed by atoms with van der Waals surface area (Å²) >= 11 is 5.92. The Kier molecular flexibility index (Phi) is 3.61. The first-order chi connectivity index (χ1) is 7.65. The first kappa shape index (κ1) is 11.6. The minimum absolute atomic E-state index is 0.508. The van der Waals surface area contributed by atoms with Crippen molar-refractivity contribution in [2.24, 2.45) is 0 Å². The predicted octanol–water partition coefficient (Wildman–Crippen LogP) is 1.63. The molecular formula is C11H17ClN4. The average molecular weight is 241 g/mol. The molecule has 0 amide bonds. The molecule has 88 valence electrons. The smallest absolute Gasteiger partial charge is 0.226 e. The van der Waals surface area contributed by atoms with Gasteiger partial charge >= 0.3 is 0 Å². The summed E-state index contributed by atoms with van der Waals surface area (Å²) in [5.74, 6) is 0.707. The Bertz CT molecular complexity index is 343. The van der Waals surface area contributed by atoms with Crippen LogP contribution in [-0.2, 0) is 0 Å². The molecule has 1 saturated heterocycles. The number of aryl methyl sites for hydroxylation is 1. The zero-order valence-electron chi connectivity index (χ0n) is 9.70. The fourth-order valence-electron chi connectivity index (χ4n) is 2.01. The molecule has 0 aliphatic carbocycles. The SMILES string of the molecule is Cc1cc(Cl)nc(N(C)C[C@H]2CCCN2)n1. The van der Waals surface area contributed by atoms with Crippen LogP contribution in [0.3, 0.4) is 0 Å². The van der Waals surface area contributed by atoms with Crippen molar-refractivity contribution < 1.29 is 0 Å². The largest absolute Gasteiger partial charge is 0.342 e. The number of halogens is 1. The third-order valence-electron chi connectivity index (χ3n) is 2.81. The van der Waals surface area contributed by atoms with Gasteiger partial charge in [-0.05, 0) is 32.4 Å². The number of rotatable bonds is 3. The molecule has 1 aromatic heterocycles. The van der Waals surface area contributed by atoms with Crippen LogP contribution in [0.5, 0.6) is 0 Å². The number of likely N-dealkylation sites (N-methyl/N-ethyl adjacent to an activating group) is 1. The van der Waals surface area contributed by atoms with Crippen LogP contribution in [0.15, 0.2) is 6.07 Å². The van der Waals surface area contributed by atoms with Crippen LogP contribution in [0.25, 0.3) is 0 Å². The summed E-state index contributed by atoms with van der Waals surface area (Å²) in [6.07, 6.45) is 2.48. The number of aromatic nitrogens is 2. The Hall–Kier alpha value is -0.870. The molecule has 2 rings (SSSR count). The van der Waals surface area contributed by atoms with E-state index in [1.54, 1.807) is 6.07 Å². The molecule has 0 saturated carbocycles. The molecule has 0 radical (unpaired) electrons. The number of hydrogen-bond donors (Lipinski definition) is 1. The molecule has 0 bridgehead atoms. The van der Waals surface area contributed by atoms with E-state index < -0.39 is 0 Å². The molecule has 0 aromatic carbocycles. The Morgan fingerprint density at radius 1 is 1.56 bits per heavy atom. The second kappa shape index (κ2) is 4.97. The van der Waals surface area contributed by atoms with E-state index in [-0.39, 0.29) is 0 Å². The van der Waals surface area contributed by atoms with Gasteiger partial charge < -0.3 is 10.2 Å². The molecule has 1 aromatic rings. The minimum atomic E-state index is 0.508. The predicted molar refractivity (Wildman–Crippen MR) is 66.1 cm³/mol. The maximum Gasteiger partial charge on any atom is 0.226 e. The van der Waals surface area contributed by atoms with Gasteiger partial charge in [-0.25, -0.2) is 9.97 Å². The van der Waals surface area contributed by atoms with Gasteiger partial charge in [0.25, 0.3) is 0 Å². The van der Waals surface area contributed by atoms with Crippen molar-refractivity contribution in [3.05, 3.63) is 16.9 Å². The summed E-state index contributed by atoms with van der Waals surface area (Å²) in [4.78, 5) is 10.7. The quantitative estimate of drug-likeness (QED) is 0.816. The highest BCUT2D eigenvalue weighted by atomic mass is 35.5. The molecule has 0 unspecified atom stereocenters. The van der Waals surface area contributed by atoms with Gasteiger partial charge in [-0.2, -0.15) is 0 Å². The Labute approximate surface area is 101 Å². The normalized spacial score (nSPS) is 20.1. The summed E-state index contributed by atoms with van der Waals surface area (Å²) in [7, 11) is 2.01. The van der Waals surface area contributed by atoms with Crippen molar-refractivity contribution in [1.82, 2.24) is 15.3 Å². The Morgan fingerprint density at radius 3 is 3.00 bits per heavy atom. The van der Waals surface area contributed by atoms with E-state index in [4.69, 9.17) is 11.6 Å². The summed E-state index contributed by atoms with van der Waals surface area (Å²) in [6.45, 7) is 3.98. The van der Waals surface area contributed by atoms with E-state index >= 15 is 0 Å². The van der Waals surface area contributed by atoms with E-state index in [2.05, 4.69) is 20.2 Å². The lowest BCUT2D eigenvalue weighted by atomic mass is 10.2. The number of nitrogens with one attached hydrogen (secondary N) is 1. The van der Waals surface area contributed by atoms with E-state index in [9.17, 15) is 0 Å². The number of nitrogens with zero attached hydrogens (tertiary/aromatic N) is 3. The van der Waals surface area contributed by atoms with Crippen molar-refractivity contribution in [2.75, 3.05) is 25.0 Å². The van der Waals surface area contributed by atoms with E-state index in [1.807, 2.05) is 14.0 Å². The van der Waals surface area contributed by atoms with Gasteiger partial charge in [0, 0.05) is 25.3 Å². The highest BCUT2D eigenvalue weighted by Gasteiger charge is 2.17. The molecule has 1 aliphatic heterocycles. The molecule has 1 N–H and O–H groups in total.